The van der Waals surface area contributed by atoms with E-state index in [1.165, 1.54) is 29.1 Å². The zero-order valence-electron chi connectivity index (χ0n) is 10.8. The number of rotatable bonds is 3. The second-order valence-corrected chi connectivity index (χ2v) is 5.47. The third-order valence-electron chi connectivity index (χ3n) is 2.88. The van der Waals surface area contributed by atoms with E-state index in [1.807, 2.05) is 0 Å². The van der Waals surface area contributed by atoms with Gasteiger partial charge in [-0.2, -0.15) is 13.5 Å². The topological polar surface area (TPSA) is 81.1 Å². The Balaban J connectivity index is 2.36. The first-order valence-corrected chi connectivity index (χ1v) is 7.02. The number of halogens is 1. The number of carbonyl (C=O) groups excluding carboxylic acids is 1. The van der Waals surface area contributed by atoms with Crippen molar-refractivity contribution in [1.29, 1.82) is 0 Å². The van der Waals surface area contributed by atoms with Crippen molar-refractivity contribution in [3.63, 3.8) is 0 Å². The van der Waals surface area contributed by atoms with Gasteiger partial charge < -0.3 is 5.32 Å². The standard InChI is InChI=1S/C12H12FN3O3S/c1-8-9(7-14-16(8)2)12(17)15-10-5-3-4-6-11(10)20(13,18)19/h3-7H,1-2H3,(H,15,17). The van der Waals surface area contributed by atoms with Crippen LogP contribution in [-0.4, -0.2) is 24.1 Å². The molecule has 0 radical (unpaired) electrons. The Morgan fingerprint density at radius 1 is 1.35 bits per heavy atom. The second-order valence-electron chi connectivity index (χ2n) is 4.16. The molecule has 8 heteroatoms. The van der Waals surface area contributed by atoms with Gasteiger partial charge in [-0.1, -0.05) is 12.1 Å². The van der Waals surface area contributed by atoms with Crippen molar-refractivity contribution >= 4 is 21.8 Å². The summed E-state index contributed by atoms with van der Waals surface area (Å²) in [4.78, 5) is 11.5. The molecule has 1 aromatic carbocycles. The highest BCUT2D eigenvalue weighted by molar-refractivity contribution is 7.86. The van der Waals surface area contributed by atoms with Crippen LogP contribution in [0, 0.1) is 6.92 Å². The van der Waals surface area contributed by atoms with E-state index in [9.17, 15) is 17.1 Å². The number of para-hydroxylation sites is 1. The Hall–Kier alpha value is -2.22. The van der Waals surface area contributed by atoms with Crippen LogP contribution < -0.4 is 5.32 Å². The summed E-state index contributed by atoms with van der Waals surface area (Å²) >= 11 is 0. The fourth-order valence-electron chi connectivity index (χ4n) is 1.69. The van der Waals surface area contributed by atoms with Gasteiger partial charge in [0, 0.05) is 12.7 Å². The van der Waals surface area contributed by atoms with Gasteiger partial charge in [-0.05, 0) is 19.1 Å². The van der Waals surface area contributed by atoms with Gasteiger partial charge in [0.25, 0.3) is 5.91 Å². The van der Waals surface area contributed by atoms with Gasteiger partial charge >= 0.3 is 10.2 Å². The molecule has 1 N–H and O–H groups in total. The van der Waals surface area contributed by atoms with Crippen molar-refractivity contribution in [3.8, 4) is 0 Å². The monoisotopic (exact) mass is 297 g/mol. The Kier molecular flexibility index (Phi) is 3.58. The van der Waals surface area contributed by atoms with Crippen molar-refractivity contribution in [2.75, 3.05) is 5.32 Å². The van der Waals surface area contributed by atoms with E-state index in [0.29, 0.717) is 11.3 Å². The zero-order chi connectivity index (χ0) is 14.9. The first-order chi connectivity index (χ1) is 9.30. The molecule has 0 aliphatic heterocycles. The Bertz CT molecular complexity index is 768. The zero-order valence-corrected chi connectivity index (χ0v) is 11.6. The van der Waals surface area contributed by atoms with Gasteiger partial charge in [0.05, 0.1) is 17.4 Å². The maximum Gasteiger partial charge on any atom is 0.334 e. The molecule has 20 heavy (non-hydrogen) atoms. The summed E-state index contributed by atoms with van der Waals surface area (Å²) in [5.74, 6) is -0.549. The van der Waals surface area contributed by atoms with Crippen molar-refractivity contribution in [3.05, 3.63) is 41.7 Å². The minimum absolute atomic E-state index is 0.108. The third-order valence-corrected chi connectivity index (χ3v) is 3.76. The molecule has 0 bridgehead atoms. The van der Waals surface area contributed by atoms with E-state index in [4.69, 9.17) is 0 Å². The quantitative estimate of drug-likeness (QED) is 0.873. The summed E-state index contributed by atoms with van der Waals surface area (Å²) in [6.45, 7) is 1.69. The number of amides is 1. The third kappa shape index (κ3) is 2.69. The van der Waals surface area contributed by atoms with E-state index in [0.717, 1.165) is 6.07 Å². The van der Waals surface area contributed by atoms with Crippen molar-refractivity contribution in [2.24, 2.45) is 7.05 Å². The van der Waals surface area contributed by atoms with Crippen LogP contribution in [0.25, 0.3) is 0 Å². The van der Waals surface area contributed by atoms with Crippen LogP contribution in [0.5, 0.6) is 0 Å². The largest absolute Gasteiger partial charge is 0.334 e. The maximum atomic E-state index is 13.1. The lowest BCUT2D eigenvalue weighted by Crippen LogP contribution is -2.14. The summed E-state index contributed by atoms with van der Waals surface area (Å²) < 4.78 is 36.6. The summed E-state index contributed by atoms with van der Waals surface area (Å²) in [5, 5.41) is 6.29. The number of aryl methyl sites for hydroxylation is 1. The molecule has 2 rings (SSSR count). The van der Waals surface area contributed by atoms with E-state index in [1.54, 1.807) is 14.0 Å². The molecule has 1 heterocycles. The molecule has 0 saturated carbocycles. The van der Waals surface area contributed by atoms with E-state index < -0.39 is 21.0 Å². The maximum absolute atomic E-state index is 13.1. The normalized spacial score (nSPS) is 11.3. The van der Waals surface area contributed by atoms with Crippen LogP contribution in [0.1, 0.15) is 16.1 Å². The van der Waals surface area contributed by atoms with Crippen LogP contribution in [-0.2, 0) is 17.3 Å². The molecule has 0 aliphatic rings. The van der Waals surface area contributed by atoms with Crippen LogP contribution in [0.15, 0.2) is 35.4 Å². The van der Waals surface area contributed by atoms with Gasteiger partial charge in [-0.25, -0.2) is 0 Å². The molecule has 0 fully saturated rings. The van der Waals surface area contributed by atoms with Crippen LogP contribution >= 0.6 is 0 Å². The first-order valence-electron chi connectivity index (χ1n) is 5.64. The van der Waals surface area contributed by atoms with Crippen molar-refractivity contribution in [2.45, 2.75) is 11.8 Å². The lowest BCUT2D eigenvalue weighted by atomic mass is 10.2. The van der Waals surface area contributed by atoms with Gasteiger partial charge in [0.2, 0.25) is 0 Å². The smallest absolute Gasteiger partial charge is 0.321 e. The molecule has 0 saturated heterocycles. The fourth-order valence-corrected chi connectivity index (χ4v) is 2.32. The van der Waals surface area contributed by atoms with Gasteiger partial charge in [-0.15, -0.1) is 3.89 Å². The molecule has 0 aliphatic carbocycles. The first kappa shape index (κ1) is 14.2. The van der Waals surface area contributed by atoms with E-state index >= 15 is 0 Å². The molecule has 1 amide bonds. The second kappa shape index (κ2) is 5.04. The number of carbonyl (C=O) groups is 1. The van der Waals surface area contributed by atoms with Crippen molar-refractivity contribution < 1.29 is 17.1 Å². The van der Waals surface area contributed by atoms with Gasteiger partial charge in [0.15, 0.2) is 0 Å². The highest BCUT2D eigenvalue weighted by Gasteiger charge is 2.20. The predicted octanol–water partition coefficient (Wildman–Crippen LogP) is 1.64. The summed E-state index contributed by atoms with van der Waals surface area (Å²) in [6.07, 6.45) is 1.36. The number of benzene rings is 1. The molecule has 2 aromatic rings. The van der Waals surface area contributed by atoms with Crippen LogP contribution in [0.3, 0.4) is 0 Å². The average molecular weight is 297 g/mol. The minimum atomic E-state index is -4.90. The predicted molar refractivity (Wildman–Crippen MR) is 70.6 cm³/mol. The summed E-state index contributed by atoms with van der Waals surface area (Å²) in [7, 11) is -3.23. The van der Waals surface area contributed by atoms with Crippen molar-refractivity contribution in [1.82, 2.24) is 9.78 Å². The molecule has 0 atom stereocenters. The molecule has 0 spiro atoms. The molecular formula is C12H12FN3O3S. The fraction of sp³-hybridized carbons (Fsp3) is 0.167. The van der Waals surface area contributed by atoms with E-state index in [-0.39, 0.29) is 5.69 Å². The number of hydrogen-bond acceptors (Lipinski definition) is 4. The van der Waals surface area contributed by atoms with Gasteiger partial charge in [-0.3, -0.25) is 9.48 Å². The van der Waals surface area contributed by atoms with Crippen LogP contribution in [0.2, 0.25) is 0 Å². The van der Waals surface area contributed by atoms with Gasteiger partial charge in [0.1, 0.15) is 4.90 Å². The molecule has 6 nitrogen and oxygen atoms in total. The molecule has 106 valence electrons. The number of aromatic nitrogens is 2. The molecule has 0 unspecified atom stereocenters. The number of nitrogens with one attached hydrogen (secondary N) is 1. The average Bonchev–Trinajstić information content (AvgIpc) is 2.69. The van der Waals surface area contributed by atoms with Crippen LogP contribution in [0.4, 0.5) is 9.57 Å². The molecule has 1 aromatic heterocycles. The lowest BCUT2D eigenvalue weighted by molar-refractivity contribution is 0.102. The number of nitrogens with zero attached hydrogens (tertiary/aromatic N) is 2. The highest BCUT2D eigenvalue weighted by atomic mass is 32.3. The molecular weight excluding hydrogens is 285 g/mol. The SMILES string of the molecule is Cc1c(C(=O)Nc2ccccc2S(=O)(=O)F)cnn1C. The lowest BCUT2D eigenvalue weighted by Gasteiger charge is -2.07. The number of anilines is 1. The Labute approximate surface area is 115 Å². The minimum Gasteiger partial charge on any atom is -0.321 e. The van der Waals surface area contributed by atoms with E-state index in [2.05, 4.69) is 10.4 Å². The Morgan fingerprint density at radius 2 is 2.00 bits per heavy atom. The highest BCUT2D eigenvalue weighted by Crippen LogP contribution is 2.23. The Morgan fingerprint density at radius 3 is 2.55 bits per heavy atom. The number of hydrogen-bond donors (Lipinski definition) is 1. The summed E-state index contributed by atoms with van der Waals surface area (Å²) in [6, 6.07) is 5.27. The summed E-state index contributed by atoms with van der Waals surface area (Å²) in [5.41, 5.74) is 0.796.